The second-order valence-electron chi connectivity index (χ2n) is 5.97. The molecule has 0 radical (unpaired) electrons. The lowest BCUT2D eigenvalue weighted by molar-refractivity contribution is -0.129. The molecule has 0 heterocycles. The van der Waals surface area contributed by atoms with Crippen LogP contribution in [0, 0.1) is 5.92 Å². The quantitative estimate of drug-likeness (QED) is 0.119. The topological polar surface area (TPSA) is 172 Å². The van der Waals surface area contributed by atoms with Gasteiger partial charge >= 0.3 is 0 Å². The summed E-state index contributed by atoms with van der Waals surface area (Å²) >= 11 is 1.56. The summed E-state index contributed by atoms with van der Waals surface area (Å²) < 4.78 is 0. The summed E-state index contributed by atoms with van der Waals surface area (Å²) in [6.45, 7) is 2.99. The van der Waals surface area contributed by atoms with Gasteiger partial charge in [-0.1, -0.05) is 20.3 Å². The van der Waals surface area contributed by atoms with Crippen molar-refractivity contribution in [1.29, 1.82) is 0 Å². The van der Waals surface area contributed by atoms with Crippen LogP contribution in [0.25, 0.3) is 0 Å². The second kappa shape index (κ2) is 14.2. The van der Waals surface area contributed by atoms with Crippen molar-refractivity contribution in [1.82, 2.24) is 16.0 Å². The average molecular weight is 405 g/mol. The molecule has 0 spiro atoms. The molecule has 0 aliphatic carbocycles. The molecule has 0 aliphatic rings. The van der Waals surface area contributed by atoms with Crippen molar-refractivity contribution in [3.8, 4) is 0 Å². The van der Waals surface area contributed by atoms with Gasteiger partial charge in [-0.15, -0.1) is 0 Å². The third kappa shape index (κ3) is 10.2. The Morgan fingerprint density at radius 2 is 1.89 bits per heavy atom. The molecular formula is C16H32N6O4S. The van der Waals surface area contributed by atoms with Crippen LogP contribution < -0.4 is 27.4 Å². The third-order valence-corrected chi connectivity index (χ3v) is 4.56. The zero-order chi connectivity index (χ0) is 20.8. The highest BCUT2D eigenvalue weighted by Crippen LogP contribution is 2.08. The number of nitrogens with one attached hydrogen (secondary N) is 3. The largest absolute Gasteiger partial charge is 0.386 e. The molecule has 0 aliphatic heterocycles. The van der Waals surface area contributed by atoms with Gasteiger partial charge in [-0.2, -0.15) is 11.8 Å². The highest BCUT2D eigenvalue weighted by Gasteiger charge is 2.25. The minimum atomic E-state index is -0.746. The van der Waals surface area contributed by atoms with Crippen LogP contribution in [-0.4, -0.2) is 72.6 Å². The lowest BCUT2D eigenvalue weighted by Crippen LogP contribution is -2.52. The van der Waals surface area contributed by atoms with E-state index in [1.54, 1.807) is 11.8 Å². The average Bonchev–Trinajstić information content (AvgIpc) is 2.66. The smallest absolute Gasteiger partial charge is 0.246 e. The van der Waals surface area contributed by atoms with Gasteiger partial charge in [0, 0.05) is 0 Å². The number of aliphatic hydroxyl groups excluding tert-OH is 1. The Morgan fingerprint density at radius 3 is 2.41 bits per heavy atom. The van der Waals surface area contributed by atoms with Crippen LogP contribution in [0.2, 0.25) is 0 Å². The number of nitrogens with zero attached hydrogens (tertiary/aromatic N) is 1. The molecule has 0 fully saturated rings. The molecule has 0 bridgehead atoms. The fourth-order valence-electron chi connectivity index (χ4n) is 2.15. The van der Waals surface area contributed by atoms with E-state index in [9.17, 15) is 14.4 Å². The van der Waals surface area contributed by atoms with Gasteiger partial charge in [0.2, 0.25) is 17.7 Å². The summed E-state index contributed by atoms with van der Waals surface area (Å²) in [6.07, 6.45) is 3.03. The molecule has 3 amide bonds. The molecule has 11 heteroatoms. The zero-order valence-corrected chi connectivity index (χ0v) is 17.0. The van der Waals surface area contributed by atoms with Crippen molar-refractivity contribution in [3.05, 3.63) is 0 Å². The normalized spacial score (nSPS) is 14.8. The molecule has 0 aromatic rings. The fourth-order valence-corrected chi connectivity index (χ4v) is 2.61. The Kier molecular flexibility index (Phi) is 13.3. The molecule has 0 aromatic heterocycles. The number of carbonyl (C=O) groups is 3. The van der Waals surface area contributed by atoms with E-state index < -0.39 is 36.5 Å². The molecule has 0 saturated carbocycles. The molecule has 0 rings (SSSR count). The number of rotatable bonds is 13. The maximum atomic E-state index is 12.4. The van der Waals surface area contributed by atoms with Gasteiger partial charge < -0.3 is 32.5 Å². The molecule has 27 heavy (non-hydrogen) atoms. The number of amides is 3. The van der Waals surface area contributed by atoms with Gasteiger partial charge in [-0.3, -0.25) is 19.4 Å². The van der Waals surface area contributed by atoms with Crippen molar-refractivity contribution in [2.75, 3.05) is 31.8 Å². The lowest BCUT2D eigenvalue weighted by atomic mass is 9.98. The lowest BCUT2D eigenvalue weighted by Gasteiger charge is -2.23. The van der Waals surface area contributed by atoms with E-state index in [1.165, 1.54) is 0 Å². The summed E-state index contributed by atoms with van der Waals surface area (Å²) in [5.41, 5.74) is 11.1. The van der Waals surface area contributed by atoms with Crippen molar-refractivity contribution >= 4 is 35.3 Å². The van der Waals surface area contributed by atoms with Gasteiger partial charge in [0.15, 0.2) is 0 Å². The van der Waals surface area contributed by atoms with Gasteiger partial charge in [0.1, 0.15) is 24.7 Å². The SMILES string of the molecule is CCC(C)[C@H](NC(=O)CN)C(=O)NCC(N)=N[C@@H](CCSC)C(=O)NCO. The standard InChI is InChI=1S/C16H32N6O4S/c1-4-10(2)14(22-13(24)7-17)16(26)19-8-12(18)21-11(5-6-27-3)15(25)20-9-23/h10-11,14,23H,4-9,17H2,1-3H3,(H2,18,21)(H,19,26)(H,20,25)(H,22,24)/t10?,11-,14-/m0/s1. The van der Waals surface area contributed by atoms with Crippen molar-refractivity contribution in [2.24, 2.45) is 22.4 Å². The maximum Gasteiger partial charge on any atom is 0.246 e. The predicted octanol–water partition coefficient (Wildman–Crippen LogP) is -1.86. The van der Waals surface area contributed by atoms with E-state index in [4.69, 9.17) is 16.6 Å². The summed E-state index contributed by atoms with van der Waals surface area (Å²) in [5.74, 6) is -0.583. The Morgan fingerprint density at radius 1 is 1.22 bits per heavy atom. The van der Waals surface area contributed by atoms with Gasteiger partial charge in [0.05, 0.1) is 13.1 Å². The van der Waals surface area contributed by atoms with E-state index in [0.717, 1.165) is 0 Å². The predicted molar refractivity (Wildman–Crippen MR) is 107 cm³/mol. The molecular weight excluding hydrogens is 372 g/mol. The van der Waals surface area contributed by atoms with Crippen molar-refractivity contribution in [3.63, 3.8) is 0 Å². The minimum absolute atomic E-state index is 0.0631. The van der Waals surface area contributed by atoms with E-state index in [2.05, 4.69) is 20.9 Å². The second-order valence-corrected chi connectivity index (χ2v) is 6.96. The molecule has 8 N–H and O–H groups in total. The van der Waals surface area contributed by atoms with Crippen molar-refractivity contribution < 1.29 is 19.5 Å². The number of aliphatic hydroxyl groups is 1. The number of nitrogens with two attached hydrogens (primary N) is 2. The summed E-state index contributed by atoms with van der Waals surface area (Å²) in [6, 6.07) is -1.48. The molecule has 0 aromatic carbocycles. The summed E-state index contributed by atoms with van der Waals surface area (Å²) in [5, 5.41) is 16.3. The van der Waals surface area contributed by atoms with E-state index >= 15 is 0 Å². The molecule has 156 valence electrons. The highest BCUT2D eigenvalue weighted by molar-refractivity contribution is 7.98. The Balaban J connectivity index is 4.94. The number of amidine groups is 1. The summed E-state index contributed by atoms with van der Waals surface area (Å²) in [4.78, 5) is 40.0. The summed E-state index contributed by atoms with van der Waals surface area (Å²) in [7, 11) is 0. The van der Waals surface area contributed by atoms with E-state index in [0.29, 0.717) is 18.6 Å². The van der Waals surface area contributed by atoms with Crippen LogP contribution >= 0.6 is 11.8 Å². The maximum absolute atomic E-state index is 12.4. The Bertz CT molecular complexity index is 517. The first-order valence-corrected chi connectivity index (χ1v) is 10.2. The first kappa shape index (κ1) is 25.1. The Labute approximate surface area is 164 Å². The van der Waals surface area contributed by atoms with Crippen LogP contribution in [0.1, 0.15) is 26.7 Å². The van der Waals surface area contributed by atoms with E-state index in [1.807, 2.05) is 20.1 Å². The van der Waals surface area contributed by atoms with Gasteiger partial charge in [-0.25, -0.2) is 0 Å². The Hall–Kier alpha value is -1.85. The minimum Gasteiger partial charge on any atom is -0.386 e. The number of aliphatic imine (C=N–C) groups is 1. The number of carbonyl (C=O) groups excluding carboxylic acids is 3. The monoisotopic (exact) mass is 404 g/mol. The van der Waals surface area contributed by atoms with Crippen LogP contribution in [-0.2, 0) is 14.4 Å². The number of hydrogen-bond donors (Lipinski definition) is 6. The van der Waals surface area contributed by atoms with Crippen LogP contribution in [0.4, 0.5) is 0 Å². The fraction of sp³-hybridized carbons (Fsp3) is 0.750. The van der Waals surface area contributed by atoms with Gasteiger partial charge in [0.25, 0.3) is 0 Å². The van der Waals surface area contributed by atoms with Crippen molar-refractivity contribution in [2.45, 2.75) is 38.8 Å². The number of thioether (sulfide) groups is 1. The van der Waals surface area contributed by atoms with E-state index in [-0.39, 0.29) is 24.8 Å². The molecule has 1 unspecified atom stereocenters. The first-order chi connectivity index (χ1) is 12.8. The van der Waals surface area contributed by atoms with Crippen LogP contribution in [0.3, 0.4) is 0 Å². The molecule has 10 nitrogen and oxygen atoms in total. The zero-order valence-electron chi connectivity index (χ0n) is 16.2. The first-order valence-electron chi connectivity index (χ1n) is 8.77. The van der Waals surface area contributed by atoms with Gasteiger partial charge in [-0.05, 0) is 24.3 Å². The van der Waals surface area contributed by atoms with Crippen LogP contribution in [0.5, 0.6) is 0 Å². The number of hydrogen-bond acceptors (Lipinski definition) is 7. The highest BCUT2D eigenvalue weighted by atomic mass is 32.2. The molecule has 0 saturated heterocycles. The molecule has 3 atom stereocenters. The van der Waals surface area contributed by atoms with Crippen LogP contribution in [0.15, 0.2) is 4.99 Å². The third-order valence-electron chi connectivity index (χ3n) is 3.91.